The average Bonchev–Trinajstić information content (AvgIpc) is 3.23. The van der Waals surface area contributed by atoms with Crippen molar-refractivity contribution in [2.75, 3.05) is 0 Å². The highest BCUT2D eigenvalue weighted by atomic mass is 32.1. The van der Waals surface area contributed by atoms with Crippen molar-refractivity contribution in [1.82, 2.24) is 4.98 Å². The standard InChI is InChI=1S/C28H46N2O5S/c1-15-10-9-11-16(2)25(33)19(5)27(34)28(7,8)22(31)13-23(32)35-26(24(29)18(15)4)17(3)12-21-14-36-20(6)30-21/h12,14-16,18-19,22,24-26,31,33H,9-11,13,29H2,1-8H3/b17-12+/t15?,16?,18-,19?,22?,24?,25?,26?/m1/s1. The Labute approximate surface area is 220 Å². The molecule has 1 saturated heterocycles. The minimum atomic E-state index is -1.26. The summed E-state index contributed by atoms with van der Waals surface area (Å²) in [5.41, 5.74) is 7.08. The average molecular weight is 523 g/mol. The molecule has 7 unspecified atom stereocenters. The van der Waals surface area contributed by atoms with Crippen LogP contribution < -0.4 is 5.73 Å². The lowest BCUT2D eigenvalue weighted by Crippen LogP contribution is -2.48. The first-order valence-corrected chi connectivity index (χ1v) is 14.0. The number of aliphatic hydroxyl groups excluding tert-OH is 2. The number of ether oxygens (including phenoxy) is 1. The second kappa shape index (κ2) is 12.8. The Bertz CT molecular complexity index is 927. The fraction of sp³-hybridized carbons (Fsp3) is 0.750. The zero-order valence-electron chi connectivity index (χ0n) is 23.2. The maximum absolute atomic E-state index is 13.3. The van der Waals surface area contributed by atoms with Gasteiger partial charge in [-0.25, -0.2) is 4.98 Å². The first-order chi connectivity index (χ1) is 16.7. The number of Topliss-reactive ketones (excluding diaryl/α,β-unsaturated/α-hetero) is 1. The van der Waals surface area contributed by atoms with Gasteiger partial charge in [0.1, 0.15) is 11.9 Å². The lowest BCUT2D eigenvalue weighted by Gasteiger charge is -2.36. The minimum absolute atomic E-state index is 0.0540. The molecule has 4 N–H and O–H groups in total. The number of carbonyl (C=O) groups excluding carboxylic acids is 2. The Morgan fingerprint density at radius 1 is 1.17 bits per heavy atom. The van der Waals surface area contributed by atoms with Gasteiger partial charge in [0.2, 0.25) is 0 Å². The van der Waals surface area contributed by atoms with E-state index in [2.05, 4.69) is 18.8 Å². The van der Waals surface area contributed by atoms with Crippen LogP contribution >= 0.6 is 11.3 Å². The number of carbonyl (C=O) groups is 2. The smallest absolute Gasteiger partial charge is 0.309 e. The highest BCUT2D eigenvalue weighted by molar-refractivity contribution is 7.09. The van der Waals surface area contributed by atoms with Crippen LogP contribution in [0.15, 0.2) is 11.0 Å². The fourth-order valence-electron chi connectivity index (χ4n) is 5.09. The molecule has 0 aromatic carbocycles. The molecule has 1 aromatic rings. The van der Waals surface area contributed by atoms with Crippen molar-refractivity contribution >= 4 is 29.2 Å². The summed E-state index contributed by atoms with van der Waals surface area (Å²) in [6.07, 6.45) is 1.39. The summed E-state index contributed by atoms with van der Waals surface area (Å²) in [6, 6.07) is -0.456. The van der Waals surface area contributed by atoms with E-state index < -0.39 is 41.7 Å². The largest absolute Gasteiger partial charge is 0.456 e. The molecule has 1 aliphatic rings. The molecule has 0 radical (unpaired) electrons. The predicted octanol–water partition coefficient (Wildman–Crippen LogP) is 4.53. The molecule has 2 heterocycles. The fourth-order valence-corrected chi connectivity index (χ4v) is 5.66. The van der Waals surface area contributed by atoms with Crippen LogP contribution in [0.1, 0.15) is 84.9 Å². The Morgan fingerprint density at radius 3 is 2.36 bits per heavy atom. The van der Waals surface area contributed by atoms with Crippen molar-refractivity contribution in [3.8, 4) is 0 Å². The van der Waals surface area contributed by atoms with Gasteiger partial charge in [0.25, 0.3) is 0 Å². The summed E-state index contributed by atoms with van der Waals surface area (Å²) in [6.45, 7) is 14.9. The topological polar surface area (TPSA) is 123 Å². The third-order valence-electron chi connectivity index (χ3n) is 8.23. The number of hydrogen-bond acceptors (Lipinski definition) is 8. The number of rotatable bonds is 2. The molecule has 0 aliphatic carbocycles. The zero-order chi connectivity index (χ0) is 27.4. The molecule has 0 amide bonds. The van der Waals surface area contributed by atoms with Gasteiger partial charge in [-0.15, -0.1) is 11.3 Å². The van der Waals surface area contributed by atoms with E-state index in [0.29, 0.717) is 0 Å². The lowest BCUT2D eigenvalue weighted by molar-refractivity contribution is -0.155. The van der Waals surface area contributed by atoms with Gasteiger partial charge < -0.3 is 20.7 Å². The van der Waals surface area contributed by atoms with Gasteiger partial charge >= 0.3 is 5.97 Å². The number of cyclic esters (lactones) is 1. The molecule has 2 rings (SSSR count). The molecule has 204 valence electrons. The van der Waals surface area contributed by atoms with E-state index in [0.717, 1.165) is 35.5 Å². The van der Waals surface area contributed by atoms with Crippen LogP contribution in [0.4, 0.5) is 0 Å². The Morgan fingerprint density at radius 2 is 1.78 bits per heavy atom. The van der Waals surface area contributed by atoms with Gasteiger partial charge in [-0.2, -0.15) is 0 Å². The van der Waals surface area contributed by atoms with Crippen LogP contribution in [0, 0.1) is 36.0 Å². The van der Waals surface area contributed by atoms with E-state index in [9.17, 15) is 19.8 Å². The third kappa shape index (κ3) is 7.46. The van der Waals surface area contributed by atoms with Crippen LogP contribution in [-0.2, 0) is 14.3 Å². The molecule has 0 bridgehead atoms. The highest BCUT2D eigenvalue weighted by Crippen LogP contribution is 2.33. The van der Waals surface area contributed by atoms with Crippen LogP contribution in [0.5, 0.6) is 0 Å². The van der Waals surface area contributed by atoms with Gasteiger partial charge in [0, 0.05) is 17.3 Å². The maximum Gasteiger partial charge on any atom is 0.309 e. The van der Waals surface area contributed by atoms with Gasteiger partial charge in [-0.1, -0.05) is 54.4 Å². The number of hydrogen-bond donors (Lipinski definition) is 3. The molecular weight excluding hydrogens is 476 g/mol. The van der Waals surface area contributed by atoms with E-state index in [4.69, 9.17) is 10.5 Å². The number of thiazole rings is 1. The second-order valence-corrected chi connectivity index (χ2v) is 12.6. The predicted molar refractivity (Wildman–Crippen MR) is 144 cm³/mol. The molecule has 8 atom stereocenters. The van der Waals surface area contributed by atoms with E-state index in [1.54, 1.807) is 32.1 Å². The number of nitrogens with zero attached hydrogens (tertiary/aromatic N) is 1. The Kier molecular flexibility index (Phi) is 10.9. The summed E-state index contributed by atoms with van der Waals surface area (Å²) < 4.78 is 5.91. The van der Waals surface area contributed by atoms with Crippen molar-refractivity contribution < 1.29 is 24.5 Å². The normalized spacial score (nSPS) is 35.9. The van der Waals surface area contributed by atoms with Crippen molar-refractivity contribution in [3.63, 3.8) is 0 Å². The van der Waals surface area contributed by atoms with E-state index in [1.165, 1.54) is 0 Å². The van der Waals surface area contributed by atoms with Gasteiger partial charge in [0.05, 0.1) is 34.7 Å². The summed E-state index contributed by atoms with van der Waals surface area (Å²) in [7, 11) is 0. The Hall–Kier alpha value is -1.61. The molecule has 7 nitrogen and oxygen atoms in total. The summed E-state index contributed by atoms with van der Waals surface area (Å²) in [5.74, 6) is -1.28. The van der Waals surface area contributed by atoms with Crippen molar-refractivity contribution in [1.29, 1.82) is 0 Å². The van der Waals surface area contributed by atoms with Crippen LogP contribution in [-0.4, -0.2) is 51.3 Å². The van der Waals surface area contributed by atoms with E-state index in [1.807, 2.05) is 32.2 Å². The number of nitrogens with two attached hydrogens (primary N) is 1. The van der Waals surface area contributed by atoms with Gasteiger partial charge in [0.15, 0.2) is 0 Å². The first-order valence-electron chi connectivity index (χ1n) is 13.1. The number of aromatic nitrogens is 1. The van der Waals surface area contributed by atoms with E-state index in [-0.39, 0.29) is 30.0 Å². The number of ketones is 1. The summed E-state index contributed by atoms with van der Waals surface area (Å²) in [5, 5.41) is 24.7. The monoisotopic (exact) mass is 522 g/mol. The minimum Gasteiger partial charge on any atom is -0.456 e. The van der Waals surface area contributed by atoms with Crippen LogP contribution in [0.3, 0.4) is 0 Å². The SMILES string of the molecule is C/C(=C\c1csc(C)n1)C1OC(=O)CC(O)C(C)(C)C(=O)C(C)C(O)C(C)CCCC(C)[C@@H](C)C1N. The molecule has 1 fully saturated rings. The lowest BCUT2D eigenvalue weighted by atomic mass is 9.72. The zero-order valence-corrected chi connectivity index (χ0v) is 24.0. The second-order valence-electron chi connectivity index (χ2n) is 11.5. The van der Waals surface area contributed by atoms with Crippen LogP contribution in [0.2, 0.25) is 0 Å². The van der Waals surface area contributed by atoms with Crippen molar-refractivity contribution in [3.05, 3.63) is 21.7 Å². The number of aliphatic hydroxyl groups is 2. The molecule has 1 aliphatic heterocycles. The van der Waals surface area contributed by atoms with Gasteiger partial charge in [-0.05, 0) is 49.7 Å². The maximum atomic E-state index is 13.3. The van der Waals surface area contributed by atoms with Crippen molar-refractivity contribution in [2.24, 2.45) is 34.8 Å². The molecule has 1 aromatic heterocycles. The quantitative estimate of drug-likeness (QED) is 0.488. The van der Waals surface area contributed by atoms with Crippen LogP contribution in [0.25, 0.3) is 6.08 Å². The molecule has 8 heteroatoms. The number of esters is 1. The third-order valence-corrected chi connectivity index (χ3v) is 9.02. The highest BCUT2D eigenvalue weighted by Gasteiger charge is 2.43. The Balaban J connectivity index is 2.40. The molecule has 0 saturated carbocycles. The van der Waals surface area contributed by atoms with E-state index >= 15 is 0 Å². The molecule has 36 heavy (non-hydrogen) atoms. The summed E-state index contributed by atoms with van der Waals surface area (Å²) in [4.78, 5) is 30.8. The summed E-state index contributed by atoms with van der Waals surface area (Å²) >= 11 is 1.55. The first kappa shape index (κ1) is 30.6. The molecule has 0 spiro atoms. The van der Waals surface area contributed by atoms with Crippen molar-refractivity contribution in [2.45, 2.75) is 105 Å². The van der Waals surface area contributed by atoms with Gasteiger partial charge in [-0.3, -0.25) is 9.59 Å². The molecular formula is C28H46N2O5S. The number of aryl methyl sites for hydroxylation is 1.